The van der Waals surface area contributed by atoms with E-state index >= 15 is 0 Å². The Hall–Kier alpha value is -1.48. The summed E-state index contributed by atoms with van der Waals surface area (Å²) in [5.41, 5.74) is 1.82. The first kappa shape index (κ1) is 9.73. The van der Waals surface area contributed by atoms with Gasteiger partial charge in [-0.25, -0.2) is 0 Å². The highest BCUT2D eigenvalue weighted by Gasteiger charge is 2.44. The van der Waals surface area contributed by atoms with E-state index in [1.54, 1.807) is 0 Å². The van der Waals surface area contributed by atoms with Gasteiger partial charge < -0.3 is 0 Å². The zero-order valence-electron chi connectivity index (χ0n) is 9.14. The van der Waals surface area contributed by atoms with Gasteiger partial charge in [-0.3, -0.25) is 14.5 Å². The van der Waals surface area contributed by atoms with Gasteiger partial charge in [-0.15, -0.1) is 0 Å². The Morgan fingerprint density at radius 2 is 2.00 bits per heavy atom. The average Bonchev–Trinajstić information content (AvgIpc) is 2.28. The van der Waals surface area contributed by atoms with E-state index in [2.05, 4.69) is 0 Å². The maximum atomic E-state index is 12.2. The second-order valence-corrected chi connectivity index (χ2v) is 4.54. The van der Waals surface area contributed by atoms with Crippen molar-refractivity contribution in [1.29, 1.82) is 0 Å². The molecule has 2 bridgehead atoms. The highest BCUT2D eigenvalue weighted by Crippen LogP contribution is 2.38. The fraction of sp³-hybridized carbons (Fsp3) is 0.385. The molecule has 2 heterocycles. The molecule has 0 amide bonds. The number of hydrogen-bond acceptors (Lipinski definition) is 3. The number of carbonyl (C=O) groups excluding carboxylic acids is 2. The van der Waals surface area contributed by atoms with Crippen molar-refractivity contribution < 1.29 is 9.59 Å². The van der Waals surface area contributed by atoms with Crippen LogP contribution in [-0.2, 0) is 4.79 Å². The van der Waals surface area contributed by atoms with Gasteiger partial charge in [0.1, 0.15) is 6.04 Å². The summed E-state index contributed by atoms with van der Waals surface area (Å²) in [5, 5.41) is 0. The normalized spacial score (nSPS) is 29.1. The molecule has 0 aromatic heterocycles. The number of piperidine rings is 1. The van der Waals surface area contributed by atoms with Crippen LogP contribution in [0.3, 0.4) is 0 Å². The first-order valence-corrected chi connectivity index (χ1v) is 5.58. The summed E-state index contributed by atoms with van der Waals surface area (Å²) in [6.45, 7) is 0. The molecule has 0 aliphatic carbocycles. The molecule has 1 aromatic rings. The quantitative estimate of drug-likeness (QED) is 0.617. The molecule has 0 spiro atoms. The molecule has 1 aromatic carbocycles. The number of nitrogens with zero attached hydrogens (tertiary/aromatic N) is 1. The molecule has 1 fully saturated rings. The number of Topliss-reactive ketones (excluding diaryl/α,β-unsaturated/α-hetero) is 2. The van der Waals surface area contributed by atoms with Gasteiger partial charge in [-0.2, -0.15) is 0 Å². The van der Waals surface area contributed by atoms with Crippen molar-refractivity contribution in [1.82, 2.24) is 4.90 Å². The minimum Gasteiger partial charge on any atom is -0.297 e. The van der Waals surface area contributed by atoms with Crippen LogP contribution in [0, 0.1) is 0 Å². The van der Waals surface area contributed by atoms with E-state index in [1.165, 1.54) is 0 Å². The minimum absolute atomic E-state index is 0.0287. The van der Waals surface area contributed by atoms with Crippen LogP contribution in [0.1, 0.15) is 34.8 Å². The van der Waals surface area contributed by atoms with Crippen LogP contribution < -0.4 is 0 Å². The van der Waals surface area contributed by atoms with Gasteiger partial charge in [-0.05, 0) is 19.0 Å². The summed E-state index contributed by atoms with van der Waals surface area (Å²) in [4.78, 5) is 25.9. The van der Waals surface area contributed by atoms with E-state index in [0.717, 1.165) is 17.5 Å². The fourth-order valence-corrected chi connectivity index (χ4v) is 2.89. The lowest BCUT2D eigenvalue weighted by atomic mass is 9.79. The lowest BCUT2D eigenvalue weighted by Gasteiger charge is -2.42. The third-order valence-corrected chi connectivity index (χ3v) is 3.70. The van der Waals surface area contributed by atoms with Crippen LogP contribution in [0.4, 0.5) is 0 Å². The molecular weight excluding hydrogens is 202 g/mol. The van der Waals surface area contributed by atoms with Crippen molar-refractivity contribution in [2.45, 2.75) is 24.9 Å². The summed E-state index contributed by atoms with van der Waals surface area (Å²) in [6, 6.07) is 7.35. The number of benzene rings is 1. The lowest BCUT2D eigenvalue weighted by Crippen LogP contribution is -2.53. The molecule has 16 heavy (non-hydrogen) atoms. The van der Waals surface area contributed by atoms with Crippen molar-refractivity contribution in [2.75, 3.05) is 7.05 Å². The van der Waals surface area contributed by atoms with Crippen LogP contribution in [0.15, 0.2) is 24.3 Å². The first-order chi connectivity index (χ1) is 7.70. The summed E-state index contributed by atoms with van der Waals surface area (Å²) in [7, 11) is 1.88. The summed E-state index contributed by atoms with van der Waals surface area (Å²) in [6.07, 6.45) is 1.36. The fourth-order valence-electron chi connectivity index (χ4n) is 2.89. The van der Waals surface area contributed by atoms with Gasteiger partial charge in [0.05, 0.1) is 0 Å². The smallest absolute Gasteiger partial charge is 0.187 e. The zero-order valence-corrected chi connectivity index (χ0v) is 9.14. The second kappa shape index (κ2) is 3.25. The van der Waals surface area contributed by atoms with Crippen molar-refractivity contribution in [3.63, 3.8) is 0 Å². The molecule has 2 aliphatic heterocycles. The monoisotopic (exact) mass is 215 g/mol. The van der Waals surface area contributed by atoms with Crippen LogP contribution in [0.2, 0.25) is 0 Å². The number of likely N-dealkylation sites (N-methyl/N-ethyl adjacent to an activating group) is 1. The van der Waals surface area contributed by atoms with Crippen LogP contribution in [0.25, 0.3) is 0 Å². The Morgan fingerprint density at radius 1 is 1.25 bits per heavy atom. The largest absolute Gasteiger partial charge is 0.297 e. The predicted molar refractivity (Wildman–Crippen MR) is 59.3 cm³/mol. The second-order valence-electron chi connectivity index (χ2n) is 4.54. The Kier molecular flexibility index (Phi) is 1.98. The van der Waals surface area contributed by atoms with Gasteiger partial charge in [0.15, 0.2) is 11.6 Å². The molecule has 82 valence electrons. The van der Waals surface area contributed by atoms with Crippen LogP contribution in [0.5, 0.6) is 0 Å². The predicted octanol–water partition coefficient (Wildman–Crippen LogP) is 1.59. The molecule has 3 rings (SSSR count). The molecule has 3 nitrogen and oxygen atoms in total. The van der Waals surface area contributed by atoms with Crippen molar-refractivity contribution in [3.05, 3.63) is 35.4 Å². The Morgan fingerprint density at radius 3 is 2.81 bits per heavy atom. The standard InChI is InChI=1S/C13H13NO2/c1-14-10-6-7-11(15)12(14)13(16)9-5-3-2-4-8(9)10/h2-5,10,12H,6-7H2,1H3. The molecule has 0 radical (unpaired) electrons. The van der Waals surface area contributed by atoms with Gasteiger partial charge in [0.2, 0.25) is 0 Å². The summed E-state index contributed by atoms with van der Waals surface area (Å²) in [5.74, 6) is 0.0392. The van der Waals surface area contributed by atoms with Gasteiger partial charge in [-0.1, -0.05) is 24.3 Å². The van der Waals surface area contributed by atoms with Gasteiger partial charge in [0, 0.05) is 18.0 Å². The van der Waals surface area contributed by atoms with E-state index in [9.17, 15) is 9.59 Å². The highest BCUT2D eigenvalue weighted by atomic mass is 16.2. The maximum Gasteiger partial charge on any atom is 0.187 e. The van der Waals surface area contributed by atoms with Crippen LogP contribution >= 0.6 is 0 Å². The Labute approximate surface area is 94.1 Å². The maximum absolute atomic E-state index is 12.2. The van der Waals surface area contributed by atoms with E-state index in [4.69, 9.17) is 0 Å². The SMILES string of the molecule is CN1C2C(=O)CCC1c1ccccc1C2=O. The summed E-state index contributed by atoms with van der Waals surface area (Å²) < 4.78 is 0. The first-order valence-electron chi connectivity index (χ1n) is 5.58. The topological polar surface area (TPSA) is 37.4 Å². The molecule has 2 aliphatic rings. The highest BCUT2D eigenvalue weighted by molar-refractivity contribution is 6.16. The molecule has 3 heteroatoms. The minimum atomic E-state index is -0.534. The molecule has 0 N–H and O–H groups in total. The lowest BCUT2D eigenvalue weighted by molar-refractivity contribution is -0.126. The summed E-state index contributed by atoms with van der Waals surface area (Å²) >= 11 is 0. The molecule has 2 unspecified atom stereocenters. The van der Waals surface area contributed by atoms with Crippen molar-refractivity contribution in [3.8, 4) is 0 Å². The molecular formula is C13H13NO2. The zero-order chi connectivity index (χ0) is 11.3. The van der Waals surface area contributed by atoms with Gasteiger partial charge >= 0.3 is 0 Å². The van der Waals surface area contributed by atoms with Crippen molar-refractivity contribution in [2.24, 2.45) is 0 Å². The molecule has 1 saturated heterocycles. The molecule has 0 saturated carbocycles. The van der Waals surface area contributed by atoms with E-state index in [1.807, 2.05) is 36.2 Å². The Balaban J connectivity index is 2.20. The van der Waals surface area contributed by atoms with E-state index < -0.39 is 6.04 Å². The van der Waals surface area contributed by atoms with E-state index in [0.29, 0.717) is 6.42 Å². The van der Waals surface area contributed by atoms with E-state index in [-0.39, 0.29) is 17.6 Å². The number of hydrogen-bond donors (Lipinski definition) is 0. The average molecular weight is 215 g/mol. The number of ketones is 2. The number of fused-ring (bicyclic) bond motifs is 4. The third-order valence-electron chi connectivity index (χ3n) is 3.70. The Bertz CT molecular complexity index is 481. The van der Waals surface area contributed by atoms with Gasteiger partial charge in [0.25, 0.3) is 0 Å². The molecule has 2 atom stereocenters. The van der Waals surface area contributed by atoms with Crippen molar-refractivity contribution >= 4 is 11.6 Å². The number of rotatable bonds is 0. The van der Waals surface area contributed by atoms with Crippen LogP contribution in [-0.4, -0.2) is 29.6 Å². The third kappa shape index (κ3) is 1.12. The number of carbonyl (C=O) groups is 2.